The Kier molecular flexibility index (Phi) is 40.2. The van der Waals surface area contributed by atoms with E-state index in [9.17, 15) is 19.0 Å². The number of phosphoric ester groups is 1. The van der Waals surface area contributed by atoms with Crippen molar-refractivity contribution in [3.05, 3.63) is 12.2 Å². The molecule has 10 heteroatoms. The molecule has 2 atom stereocenters. The molecule has 0 aliphatic rings. The SMILES string of the molecule is CCCCCC/C=C/CCCCCCCCCCCC(=O)OC[C@H](COP(=O)(O)OCC[N+](C)(C)C)OC(=O)CCCCCCCCCCCCCCCCCCC. The Bertz CT molecular complexity index is 1000. The summed E-state index contributed by atoms with van der Waals surface area (Å²) in [5.41, 5.74) is 0. The maximum absolute atomic E-state index is 12.7. The molecule has 0 aromatic heterocycles. The van der Waals surface area contributed by atoms with Gasteiger partial charge in [0.1, 0.15) is 19.8 Å². The first-order valence-electron chi connectivity index (χ1n) is 24.4. The number of hydrogen-bond acceptors (Lipinski definition) is 7. The van der Waals surface area contributed by atoms with Gasteiger partial charge in [-0.25, -0.2) is 4.57 Å². The largest absolute Gasteiger partial charge is 0.472 e. The Morgan fingerprint density at radius 1 is 0.517 bits per heavy atom. The second-order valence-electron chi connectivity index (χ2n) is 17.9. The summed E-state index contributed by atoms with van der Waals surface area (Å²) >= 11 is 0. The summed E-state index contributed by atoms with van der Waals surface area (Å²) in [6.07, 6.45) is 43.9. The number of carbonyl (C=O) groups excluding carboxylic acids is 2. The molecule has 0 amide bonds. The number of ether oxygens (including phenoxy) is 2. The first-order valence-corrected chi connectivity index (χ1v) is 25.9. The van der Waals surface area contributed by atoms with Gasteiger partial charge >= 0.3 is 19.8 Å². The van der Waals surface area contributed by atoms with Crippen LogP contribution in [0.3, 0.4) is 0 Å². The van der Waals surface area contributed by atoms with Crippen molar-refractivity contribution in [2.24, 2.45) is 0 Å². The quantitative estimate of drug-likeness (QED) is 0.0212. The lowest BCUT2D eigenvalue weighted by atomic mass is 10.0. The Morgan fingerprint density at radius 2 is 0.879 bits per heavy atom. The van der Waals surface area contributed by atoms with Crippen LogP contribution in [0, 0.1) is 0 Å². The molecule has 1 N–H and O–H groups in total. The molecule has 0 saturated heterocycles. The van der Waals surface area contributed by atoms with E-state index in [0.29, 0.717) is 23.9 Å². The fourth-order valence-corrected chi connectivity index (χ4v) is 7.69. The van der Waals surface area contributed by atoms with Gasteiger partial charge in [0.15, 0.2) is 6.10 Å². The topological polar surface area (TPSA) is 108 Å². The molecule has 0 fully saturated rings. The fraction of sp³-hybridized carbons (Fsp3) is 0.917. The van der Waals surface area contributed by atoms with E-state index in [-0.39, 0.29) is 25.6 Å². The van der Waals surface area contributed by atoms with Crippen molar-refractivity contribution in [2.45, 2.75) is 238 Å². The average Bonchev–Trinajstić information content (AvgIpc) is 3.17. The molecule has 0 aliphatic carbocycles. The number of unbranched alkanes of at least 4 members (excludes halogenated alkanes) is 29. The Labute approximate surface area is 358 Å². The first-order chi connectivity index (χ1) is 28.0. The number of esters is 2. The van der Waals surface area contributed by atoms with E-state index in [4.69, 9.17) is 18.5 Å². The number of likely N-dealkylation sites (N-methyl/N-ethyl adjacent to an activating group) is 1. The number of carbonyl (C=O) groups is 2. The second kappa shape index (κ2) is 41.1. The van der Waals surface area contributed by atoms with Crippen LogP contribution < -0.4 is 0 Å². The predicted molar refractivity (Wildman–Crippen MR) is 243 cm³/mol. The van der Waals surface area contributed by atoms with Crippen molar-refractivity contribution in [2.75, 3.05) is 47.5 Å². The highest BCUT2D eigenvalue weighted by atomic mass is 31.2. The summed E-state index contributed by atoms with van der Waals surface area (Å²) in [5.74, 6) is -0.787. The van der Waals surface area contributed by atoms with E-state index >= 15 is 0 Å². The fourth-order valence-electron chi connectivity index (χ4n) is 6.95. The zero-order valence-corrected chi connectivity index (χ0v) is 39.7. The number of phosphoric acid groups is 1. The predicted octanol–water partition coefficient (Wildman–Crippen LogP) is 14.1. The number of rotatable bonds is 45. The summed E-state index contributed by atoms with van der Waals surface area (Å²) in [6, 6.07) is 0. The van der Waals surface area contributed by atoms with Gasteiger partial charge in [0.25, 0.3) is 0 Å². The zero-order valence-electron chi connectivity index (χ0n) is 38.8. The zero-order chi connectivity index (χ0) is 42.8. The third kappa shape index (κ3) is 44.3. The normalized spacial score (nSPS) is 13.6. The molecular weight excluding hydrogens is 750 g/mol. The molecule has 9 nitrogen and oxygen atoms in total. The van der Waals surface area contributed by atoms with Gasteiger partial charge in [0.2, 0.25) is 0 Å². The van der Waals surface area contributed by atoms with Crippen LogP contribution in [0.15, 0.2) is 12.2 Å². The van der Waals surface area contributed by atoms with Gasteiger partial charge in [0, 0.05) is 12.8 Å². The first kappa shape index (κ1) is 56.8. The maximum atomic E-state index is 12.7. The highest BCUT2D eigenvalue weighted by molar-refractivity contribution is 7.47. The molecule has 0 aliphatic heterocycles. The van der Waals surface area contributed by atoms with Crippen LogP contribution in [0.5, 0.6) is 0 Å². The van der Waals surface area contributed by atoms with E-state index in [0.717, 1.165) is 32.1 Å². The monoisotopic (exact) mass is 845 g/mol. The van der Waals surface area contributed by atoms with E-state index in [1.807, 2.05) is 21.1 Å². The Morgan fingerprint density at radius 3 is 1.29 bits per heavy atom. The lowest BCUT2D eigenvalue weighted by Crippen LogP contribution is -2.37. The van der Waals surface area contributed by atoms with Crippen LogP contribution in [0.25, 0.3) is 0 Å². The van der Waals surface area contributed by atoms with Crippen molar-refractivity contribution >= 4 is 19.8 Å². The van der Waals surface area contributed by atoms with Crippen molar-refractivity contribution in [1.29, 1.82) is 0 Å². The van der Waals surface area contributed by atoms with Gasteiger partial charge in [0.05, 0.1) is 27.7 Å². The van der Waals surface area contributed by atoms with Crippen LogP contribution in [-0.2, 0) is 32.7 Å². The van der Waals surface area contributed by atoms with E-state index in [1.165, 1.54) is 167 Å². The average molecular weight is 845 g/mol. The highest BCUT2D eigenvalue weighted by Crippen LogP contribution is 2.43. The smallest absolute Gasteiger partial charge is 0.462 e. The summed E-state index contributed by atoms with van der Waals surface area (Å²) < 4.78 is 34.4. The second-order valence-corrected chi connectivity index (χ2v) is 19.3. The maximum Gasteiger partial charge on any atom is 0.472 e. The lowest BCUT2D eigenvalue weighted by molar-refractivity contribution is -0.870. The van der Waals surface area contributed by atoms with Gasteiger partial charge in [-0.1, -0.05) is 193 Å². The number of quaternary nitrogens is 1. The number of hydrogen-bond donors (Lipinski definition) is 1. The van der Waals surface area contributed by atoms with Gasteiger partial charge in [-0.15, -0.1) is 0 Å². The molecule has 0 spiro atoms. The third-order valence-electron chi connectivity index (χ3n) is 10.8. The highest BCUT2D eigenvalue weighted by Gasteiger charge is 2.27. The van der Waals surface area contributed by atoms with Gasteiger partial charge in [-0.05, 0) is 38.5 Å². The molecule has 58 heavy (non-hydrogen) atoms. The van der Waals surface area contributed by atoms with Gasteiger partial charge in [-0.3, -0.25) is 18.6 Å². The van der Waals surface area contributed by atoms with Gasteiger partial charge < -0.3 is 18.9 Å². The summed E-state index contributed by atoms with van der Waals surface area (Å²) in [7, 11) is 1.49. The molecule has 0 aromatic rings. The minimum Gasteiger partial charge on any atom is -0.462 e. The summed E-state index contributed by atoms with van der Waals surface area (Å²) in [5, 5.41) is 0. The Hall–Kier alpha value is -1.25. The van der Waals surface area contributed by atoms with Crippen molar-refractivity contribution in [3.63, 3.8) is 0 Å². The molecule has 0 aromatic carbocycles. The lowest BCUT2D eigenvalue weighted by Gasteiger charge is -2.24. The van der Waals surface area contributed by atoms with E-state index in [1.54, 1.807) is 0 Å². The number of nitrogens with zero attached hydrogens (tertiary/aromatic N) is 1. The van der Waals surface area contributed by atoms with Gasteiger partial charge in [-0.2, -0.15) is 0 Å². The molecule has 0 rings (SSSR count). The van der Waals surface area contributed by atoms with Crippen molar-refractivity contribution in [1.82, 2.24) is 0 Å². The van der Waals surface area contributed by atoms with E-state index in [2.05, 4.69) is 26.0 Å². The molecule has 0 saturated carbocycles. The minimum absolute atomic E-state index is 0.0349. The van der Waals surface area contributed by atoms with Crippen molar-refractivity contribution in [3.8, 4) is 0 Å². The molecule has 0 radical (unpaired) electrons. The summed E-state index contributed by atoms with van der Waals surface area (Å²) in [4.78, 5) is 35.5. The third-order valence-corrected chi connectivity index (χ3v) is 11.8. The molecule has 1 unspecified atom stereocenters. The summed E-state index contributed by atoms with van der Waals surface area (Å²) in [6.45, 7) is 4.45. The minimum atomic E-state index is -4.37. The van der Waals surface area contributed by atoms with E-state index < -0.39 is 26.5 Å². The standard InChI is InChI=1S/C48H94NO8P/c1-6-8-10-12-14-16-18-20-22-24-26-28-30-32-34-36-38-40-47(50)54-44-46(45-56-58(52,53)55-43-42-49(3,4)5)57-48(51)41-39-37-35-33-31-29-27-25-23-21-19-17-15-13-11-9-7-2/h16,18,46H,6-15,17,19-45H2,1-5H3/p+1/b18-16+/t46-/m1/s1. The number of allylic oxidation sites excluding steroid dienone is 2. The molecule has 344 valence electrons. The molecule has 0 bridgehead atoms. The van der Waals surface area contributed by atoms with Crippen LogP contribution in [0.4, 0.5) is 0 Å². The molecule has 0 heterocycles. The molecular formula is C48H95NO8P+. The van der Waals surface area contributed by atoms with Crippen LogP contribution in [-0.4, -0.2) is 74.9 Å². The van der Waals surface area contributed by atoms with Crippen molar-refractivity contribution < 1.29 is 42.1 Å². The Balaban J connectivity index is 4.26. The van der Waals surface area contributed by atoms with Crippen LogP contribution >= 0.6 is 7.82 Å². The van der Waals surface area contributed by atoms with Crippen LogP contribution in [0.1, 0.15) is 232 Å². The van der Waals surface area contributed by atoms with Crippen LogP contribution in [0.2, 0.25) is 0 Å².